The molecule has 2 aromatic carbocycles. The number of fused-ring (bicyclic) bond motifs is 2. The molecule has 0 saturated carbocycles. The SMILES string of the molecule is CCCNC(=O)[C@H]1[C@H]2C(=O)N(CCCCO)C(C(=O)Nc3ccc4ccccc4c3)C23CC[C@]1(C)S3. The average Bonchev–Trinajstić information content (AvgIpc) is 3.43. The van der Waals surface area contributed by atoms with Gasteiger partial charge in [-0.3, -0.25) is 14.4 Å². The highest BCUT2D eigenvalue weighted by Gasteiger charge is 2.76. The summed E-state index contributed by atoms with van der Waals surface area (Å²) < 4.78 is -0.989. The number of carbonyl (C=O) groups is 3. The van der Waals surface area contributed by atoms with E-state index in [1.807, 2.05) is 49.4 Å². The number of thioether (sulfide) groups is 1. The van der Waals surface area contributed by atoms with Crippen LogP contribution in [0.2, 0.25) is 0 Å². The normalized spacial score (nSPS) is 30.6. The average molecular weight is 510 g/mol. The molecular weight excluding hydrogens is 474 g/mol. The minimum Gasteiger partial charge on any atom is -0.396 e. The maximum Gasteiger partial charge on any atom is 0.248 e. The summed E-state index contributed by atoms with van der Waals surface area (Å²) in [7, 11) is 0. The van der Waals surface area contributed by atoms with Gasteiger partial charge in [0, 0.05) is 30.1 Å². The van der Waals surface area contributed by atoms with Crippen molar-refractivity contribution >= 4 is 45.9 Å². The van der Waals surface area contributed by atoms with E-state index in [0.717, 1.165) is 30.0 Å². The fourth-order valence-corrected chi connectivity index (χ4v) is 8.95. The first-order valence-electron chi connectivity index (χ1n) is 13.0. The van der Waals surface area contributed by atoms with Gasteiger partial charge < -0.3 is 20.6 Å². The summed E-state index contributed by atoms with van der Waals surface area (Å²) in [5.74, 6) is -1.33. The molecule has 3 aliphatic heterocycles. The Hall–Kier alpha value is -2.58. The maximum absolute atomic E-state index is 13.9. The van der Waals surface area contributed by atoms with Crippen molar-refractivity contribution in [2.75, 3.05) is 25.0 Å². The summed E-state index contributed by atoms with van der Waals surface area (Å²) in [4.78, 5) is 42.9. The monoisotopic (exact) mass is 509 g/mol. The number of likely N-dealkylation sites (tertiary alicyclic amines) is 1. The highest BCUT2D eigenvalue weighted by molar-refractivity contribution is 8.02. The standard InChI is InChI=1S/C28H35N3O4S/c1-3-14-29-24(33)21-22-26(35)31(15-6-7-16-32)23(28(22)13-12-27(21,2)36-28)25(34)30-20-11-10-18-8-4-5-9-19(18)17-20/h4-5,8-11,17,21-23,32H,3,6-7,12-16H2,1-2H3,(H,29,33)(H,30,34)/t21-,22+,23?,27+,28?/m1/s1. The molecule has 5 rings (SSSR count). The molecule has 0 radical (unpaired) electrons. The Morgan fingerprint density at radius 3 is 2.64 bits per heavy atom. The van der Waals surface area contributed by atoms with Gasteiger partial charge in [-0.05, 0) is 61.9 Å². The Labute approximate surface area is 216 Å². The molecule has 7 nitrogen and oxygen atoms in total. The van der Waals surface area contributed by atoms with Crippen molar-refractivity contribution in [1.82, 2.24) is 10.2 Å². The number of anilines is 1. The molecular formula is C28H35N3O4S. The molecule has 3 saturated heterocycles. The number of unbranched alkanes of at least 4 members (excludes halogenated alkanes) is 1. The lowest BCUT2D eigenvalue weighted by molar-refractivity contribution is -0.140. The number of carbonyl (C=O) groups excluding carboxylic acids is 3. The van der Waals surface area contributed by atoms with E-state index in [4.69, 9.17) is 0 Å². The number of amides is 3. The zero-order valence-electron chi connectivity index (χ0n) is 21.0. The minimum atomic E-state index is -0.657. The van der Waals surface area contributed by atoms with Crippen molar-refractivity contribution in [3.63, 3.8) is 0 Å². The number of hydrogen-bond donors (Lipinski definition) is 3. The second-order valence-corrected chi connectivity index (χ2v) is 12.4. The molecule has 0 aromatic heterocycles. The van der Waals surface area contributed by atoms with Gasteiger partial charge in [-0.25, -0.2) is 0 Å². The molecule has 5 atom stereocenters. The van der Waals surface area contributed by atoms with E-state index in [1.165, 1.54) is 0 Å². The molecule has 2 bridgehead atoms. The molecule has 36 heavy (non-hydrogen) atoms. The molecule has 0 aliphatic carbocycles. The summed E-state index contributed by atoms with van der Waals surface area (Å²) in [5.41, 5.74) is 0.697. The van der Waals surface area contributed by atoms with E-state index in [1.54, 1.807) is 16.7 Å². The Morgan fingerprint density at radius 2 is 1.89 bits per heavy atom. The third-order valence-electron chi connectivity index (χ3n) is 8.18. The van der Waals surface area contributed by atoms with E-state index >= 15 is 0 Å². The van der Waals surface area contributed by atoms with Gasteiger partial charge in [0.05, 0.1) is 16.6 Å². The number of hydrogen-bond acceptors (Lipinski definition) is 5. The Balaban J connectivity index is 1.48. The van der Waals surface area contributed by atoms with Crippen LogP contribution in [0.5, 0.6) is 0 Å². The molecule has 192 valence electrons. The van der Waals surface area contributed by atoms with E-state index in [-0.39, 0.29) is 29.1 Å². The Kier molecular flexibility index (Phi) is 6.76. The lowest BCUT2D eigenvalue weighted by atomic mass is 9.66. The molecule has 2 aromatic rings. The predicted octanol–water partition coefficient (Wildman–Crippen LogP) is 3.56. The van der Waals surface area contributed by atoms with Crippen LogP contribution in [0.15, 0.2) is 42.5 Å². The van der Waals surface area contributed by atoms with Crippen molar-refractivity contribution in [3.8, 4) is 0 Å². The number of aliphatic hydroxyl groups is 1. The smallest absolute Gasteiger partial charge is 0.248 e. The van der Waals surface area contributed by atoms with Crippen LogP contribution in [-0.4, -0.2) is 63.0 Å². The van der Waals surface area contributed by atoms with Crippen LogP contribution in [0, 0.1) is 11.8 Å². The van der Waals surface area contributed by atoms with Crippen LogP contribution in [0.3, 0.4) is 0 Å². The molecule has 3 fully saturated rings. The van der Waals surface area contributed by atoms with Crippen LogP contribution in [0.4, 0.5) is 5.69 Å². The minimum absolute atomic E-state index is 0.0411. The van der Waals surface area contributed by atoms with Gasteiger partial charge in [0.1, 0.15) is 6.04 Å². The number of benzene rings is 2. The van der Waals surface area contributed by atoms with Crippen molar-refractivity contribution in [2.24, 2.45) is 11.8 Å². The maximum atomic E-state index is 13.9. The second-order valence-electron chi connectivity index (χ2n) is 10.5. The zero-order valence-corrected chi connectivity index (χ0v) is 21.8. The molecule has 8 heteroatoms. The van der Waals surface area contributed by atoms with E-state index in [2.05, 4.69) is 17.6 Å². The highest BCUT2D eigenvalue weighted by Crippen LogP contribution is 2.71. The van der Waals surface area contributed by atoms with Crippen LogP contribution in [0.1, 0.15) is 46.0 Å². The Morgan fingerprint density at radius 1 is 1.11 bits per heavy atom. The van der Waals surface area contributed by atoms with Gasteiger partial charge in [0.15, 0.2) is 0 Å². The predicted molar refractivity (Wildman–Crippen MR) is 143 cm³/mol. The summed E-state index contributed by atoms with van der Waals surface area (Å²) in [6.07, 6.45) is 3.53. The van der Waals surface area contributed by atoms with Gasteiger partial charge in [-0.15, -0.1) is 11.8 Å². The summed E-state index contributed by atoms with van der Waals surface area (Å²) in [6, 6.07) is 13.2. The largest absolute Gasteiger partial charge is 0.396 e. The van der Waals surface area contributed by atoms with Gasteiger partial charge >= 0.3 is 0 Å². The molecule has 2 unspecified atom stereocenters. The van der Waals surface area contributed by atoms with Crippen LogP contribution >= 0.6 is 11.8 Å². The summed E-state index contributed by atoms with van der Waals surface area (Å²) in [6.45, 7) is 5.11. The Bertz CT molecular complexity index is 1190. The first-order valence-corrected chi connectivity index (χ1v) is 13.8. The third kappa shape index (κ3) is 3.98. The van der Waals surface area contributed by atoms with Gasteiger partial charge in [0.2, 0.25) is 17.7 Å². The third-order valence-corrected chi connectivity index (χ3v) is 10.2. The first kappa shape index (κ1) is 25.1. The molecule has 3 aliphatic rings. The molecule has 3 N–H and O–H groups in total. The first-order chi connectivity index (χ1) is 17.3. The van der Waals surface area contributed by atoms with Gasteiger partial charge in [-0.2, -0.15) is 0 Å². The quantitative estimate of drug-likeness (QED) is 0.449. The van der Waals surface area contributed by atoms with Crippen molar-refractivity contribution in [2.45, 2.75) is 61.5 Å². The molecule has 3 amide bonds. The fraction of sp³-hybridized carbons (Fsp3) is 0.536. The van der Waals surface area contributed by atoms with Crippen molar-refractivity contribution in [1.29, 1.82) is 0 Å². The summed E-state index contributed by atoms with van der Waals surface area (Å²) >= 11 is 1.68. The lowest BCUT2D eigenvalue weighted by Gasteiger charge is -2.34. The number of nitrogens with one attached hydrogen (secondary N) is 2. The van der Waals surface area contributed by atoms with Gasteiger partial charge in [-0.1, -0.05) is 37.3 Å². The fourth-order valence-electron chi connectivity index (χ4n) is 6.60. The molecule has 1 spiro atoms. The lowest BCUT2D eigenvalue weighted by Crippen LogP contribution is -2.52. The highest BCUT2D eigenvalue weighted by atomic mass is 32.2. The van der Waals surface area contributed by atoms with Crippen LogP contribution < -0.4 is 10.6 Å². The van der Waals surface area contributed by atoms with Crippen molar-refractivity contribution < 1.29 is 19.5 Å². The number of nitrogens with zero attached hydrogens (tertiary/aromatic N) is 1. The van der Waals surface area contributed by atoms with Gasteiger partial charge in [0.25, 0.3) is 0 Å². The van der Waals surface area contributed by atoms with Crippen LogP contribution in [-0.2, 0) is 14.4 Å². The van der Waals surface area contributed by atoms with E-state index in [0.29, 0.717) is 31.6 Å². The van der Waals surface area contributed by atoms with Crippen molar-refractivity contribution in [3.05, 3.63) is 42.5 Å². The topological polar surface area (TPSA) is 98.7 Å². The van der Waals surface area contributed by atoms with E-state index in [9.17, 15) is 19.5 Å². The zero-order chi connectivity index (χ0) is 25.5. The second kappa shape index (κ2) is 9.71. The molecule has 3 heterocycles. The number of aliphatic hydroxyl groups excluding tert-OH is 1. The summed E-state index contributed by atoms with van der Waals surface area (Å²) in [5, 5.41) is 17.6. The van der Waals surface area contributed by atoms with E-state index < -0.39 is 22.6 Å². The van der Waals surface area contributed by atoms with Crippen LogP contribution in [0.25, 0.3) is 10.8 Å². The number of rotatable bonds is 9.